The monoisotopic (exact) mass is 434 g/mol. The maximum Gasteiger partial charge on any atom is 0.261 e. The van der Waals surface area contributed by atoms with Gasteiger partial charge in [0, 0.05) is 22.6 Å². The van der Waals surface area contributed by atoms with Crippen molar-refractivity contribution < 1.29 is 19.2 Å². The molecule has 0 aliphatic heterocycles. The van der Waals surface area contributed by atoms with E-state index in [-0.39, 0.29) is 23.4 Å². The highest BCUT2D eigenvalue weighted by Crippen LogP contribution is 2.14. The van der Waals surface area contributed by atoms with Crippen LogP contribution in [0.15, 0.2) is 12.1 Å². The Balaban J connectivity index is 2.28. The molecule has 0 saturated carbocycles. The third-order valence-electron chi connectivity index (χ3n) is 2.22. The first-order chi connectivity index (χ1) is 10.4. The molecule has 0 aromatic carbocycles. The number of nitrogens with zero attached hydrogens (tertiary/aromatic N) is 1. The van der Waals surface area contributed by atoms with Crippen molar-refractivity contribution in [2.75, 3.05) is 19.6 Å². The number of thiophene rings is 1. The summed E-state index contributed by atoms with van der Waals surface area (Å²) >= 11 is 2.56. The lowest BCUT2D eigenvalue weighted by molar-refractivity contribution is -0.126. The molecular weight excluding hydrogens is 423 g/mol. The number of amides is 3. The highest BCUT2D eigenvalue weighted by atomic mass is 127. The van der Waals surface area contributed by atoms with Crippen LogP contribution in [-0.2, 0) is 14.4 Å². The number of nitrogens with one attached hydrogen (secondary N) is 3. The van der Waals surface area contributed by atoms with Crippen LogP contribution in [0.2, 0.25) is 0 Å². The molecule has 0 aliphatic carbocycles. The molecule has 0 aliphatic rings. The van der Waals surface area contributed by atoms with Gasteiger partial charge in [0.1, 0.15) is 10.9 Å². The maximum absolute atomic E-state index is 11.7. The number of nitriles is 1. The summed E-state index contributed by atoms with van der Waals surface area (Å²) in [5, 5.41) is 15.6. The topological polar surface area (TPSA) is 128 Å². The van der Waals surface area contributed by atoms with Gasteiger partial charge < -0.3 is 16.0 Å². The standard InChI is InChI=1S/C12H11IN4O4S/c13-9(18)4-15-10(19)5-16-11(20)6-17-12(21)8-2-1-7(3-14)22-8/h1-2H,4-6H2,(H,15,19)(H,16,20)(H,17,21). The van der Waals surface area contributed by atoms with Crippen LogP contribution < -0.4 is 16.0 Å². The number of rotatable bonds is 7. The first-order valence-corrected chi connectivity index (χ1v) is 7.81. The van der Waals surface area contributed by atoms with E-state index >= 15 is 0 Å². The van der Waals surface area contributed by atoms with E-state index in [0.29, 0.717) is 9.75 Å². The van der Waals surface area contributed by atoms with Crippen LogP contribution in [0.25, 0.3) is 0 Å². The molecule has 22 heavy (non-hydrogen) atoms. The second-order valence-corrected chi connectivity index (χ2v) is 6.15. The Morgan fingerprint density at radius 1 is 1.05 bits per heavy atom. The molecule has 0 fully saturated rings. The van der Waals surface area contributed by atoms with Crippen molar-refractivity contribution in [2.45, 2.75) is 0 Å². The second-order valence-electron chi connectivity index (χ2n) is 3.87. The summed E-state index contributed by atoms with van der Waals surface area (Å²) in [5.74, 6) is -1.51. The Morgan fingerprint density at radius 2 is 1.64 bits per heavy atom. The zero-order valence-corrected chi connectivity index (χ0v) is 14.1. The third kappa shape index (κ3) is 6.64. The van der Waals surface area contributed by atoms with Gasteiger partial charge in [-0.2, -0.15) is 5.26 Å². The Kier molecular flexibility index (Phi) is 7.47. The van der Waals surface area contributed by atoms with Crippen LogP contribution >= 0.6 is 33.9 Å². The average molecular weight is 434 g/mol. The van der Waals surface area contributed by atoms with Gasteiger partial charge in [-0.3, -0.25) is 19.2 Å². The van der Waals surface area contributed by atoms with Crippen molar-refractivity contribution in [3.63, 3.8) is 0 Å². The lowest BCUT2D eigenvalue weighted by atomic mass is 10.4. The van der Waals surface area contributed by atoms with E-state index < -0.39 is 17.7 Å². The van der Waals surface area contributed by atoms with E-state index in [4.69, 9.17) is 5.26 Å². The van der Waals surface area contributed by atoms with Crippen LogP contribution in [0.1, 0.15) is 14.5 Å². The van der Waals surface area contributed by atoms with Crippen molar-refractivity contribution >= 4 is 55.4 Å². The van der Waals surface area contributed by atoms with E-state index in [9.17, 15) is 19.2 Å². The molecule has 0 atom stereocenters. The van der Waals surface area contributed by atoms with Crippen LogP contribution in [0, 0.1) is 11.3 Å². The maximum atomic E-state index is 11.7. The predicted molar refractivity (Wildman–Crippen MR) is 86.4 cm³/mol. The average Bonchev–Trinajstić information content (AvgIpc) is 2.97. The number of hydrogen-bond donors (Lipinski definition) is 3. The van der Waals surface area contributed by atoms with E-state index in [2.05, 4.69) is 16.0 Å². The Labute approximate surface area is 143 Å². The fraction of sp³-hybridized carbons (Fsp3) is 0.250. The molecule has 0 bridgehead atoms. The summed E-state index contributed by atoms with van der Waals surface area (Å²) in [5.41, 5.74) is 0. The van der Waals surface area contributed by atoms with Crippen LogP contribution in [-0.4, -0.2) is 41.1 Å². The lowest BCUT2D eigenvalue weighted by Crippen LogP contribution is -2.42. The van der Waals surface area contributed by atoms with Gasteiger partial charge in [-0.05, 0) is 12.1 Å². The van der Waals surface area contributed by atoms with Crippen molar-refractivity contribution in [2.24, 2.45) is 0 Å². The van der Waals surface area contributed by atoms with Gasteiger partial charge in [-0.15, -0.1) is 11.3 Å². The zero-order chi connectivity index (χ0) is 16.5. The minimum Gasteiger partial charge on any atom is -0.347 e. The molecule has 3 N–H and O–H groups in total. The third-order valence-corrected chi connectivity index (χ3v) is 3.59. The molecule has 1 heterocycles. The van der Waals surface area contributed by atoms with Gasteiger partial charge in [0.05, 0.1) is 24.5 Å². The lowest BCUT2D eigenvalue weighted by Gasteiger charge is -2.06. The van der Waals surface area contributed by atoms with Crippen LogP contribution in [0.4, 0.5) is 0 Å². The van der Waals surface area contributed by atoms with Gasteiger partial charge in [0.25, 0.3) is 5.91 Å². The summed E-state index contributed by atoms with van der Waals surface area (Å²) in [7, 11) is 0. The molecule has 8 nitrogen and oxygen atoms in total. The normalized spacial score (nSPS) is 9.45. The van der Waals surface area contributed by atoms with Crippen molar-refractivity contribution in [3.05, 3.63) is 21.9 Å². The summed E-state index contributed by atoms with van der Waals surface area (Å²) in [6, 6.07) is 4.91. The molecule has 0 spiro atoms. The first kappa shape index (κ1) is 18.1. The highest BCUT2D eigenvalue weighted by Gasteiger charge is 2.11. The quantitative estimate of drug-likeness (QED) is 0.396. The van der Waals surface area contributed by atoms with Gasteiger partial charge in [-0.25, -0.2) is 0 Å². The Bertz CT molecular complexity index is 637. The summed E-state index contributed by atoms with van der Waals surface area (Å²) in [6.07, 6.45) is 0. The highest BCUT2D eigenvalue weighted by molar-refractivity contribution is 14.1. The zero-order valence-electron chi connectivity index (χ0n) is 11.1. The summed E-state index contributed by atoms with van der Waals surface area (Å²) < 4.78 is -0.225. The Morgan fingerprint density at radius 3 is 2.18 bits per heavy atom. The number of hydrogen-bond acceptors (Lipinski definition) is 6. The second kappa shape index (κ2) is 9.11. The molecule has 116 valence electrons. The van der Waals surface area contributed by atoms with Gasteiger partial charge in [0.15, 0.2) is 0 Å². The van der Waals surface area contributed by atoms with Crippen molar-refractivity contribution in [1.29, 1.82) is 5.26 Å². The molecule has 1 aromatic heterocycles. The largest absolute Gasteiger partial charge is 0.347 e. The van der Waals surface area contributed by atoms with Gasteiger partial charge in [0.2, 0.25) is 15.6 Å². The van der Waals surface area contributed by atoms with Gasteiger partial charge >= 0.3 is 0 Å². The number of carbonyl (C=O) groups excluding carboxylic acids is 4. The number of halogens is 1. The SMILES string of the molecule is N#Cc1ccc(C(=O)NCC(=O)NCC(=O)NCC(=O)I)s1. The molecule has 1 aromatic rings. The van der Waals surface area contributed by atoms with Crippen LogP contribution in [0.5, 0.6) is 0 Å². The summed E-state index contributed by atoms with van der Waals surface area (Å²) in [4.78, 5) is 45.8. The Hall–Kier alpha value is -2.00. The van der Waals surface area contributed by atoms with Gasteiger partial charge in [-0.1, -0.05) is 0 Å². The van der Waals surface area contributed by atoms with Crippen molar-refractivity contribution in [3.8, 4) is 6.07 Å². The van der Waals surface area contributed by atoms with E-state index in [1.807, 2.05) is 6.07 Å². The molecular formula is C12H11IN4O4S. The summed E-state index contributed by atoms with van der Waals surface area (Å²) in [6.45, 7) is -0.682. The molecule has 3 amide bonds. The molecule has 1 rings (SSSR count). The van der Waals surface area contributed by atoms with E-state index in [1.165, 1.54) is 12.1 Å². The van der Waals surface area contributed by atoms with E-state index in [1.54, 1.807) is 22.6 Å². The van der Waals surface area contributed by atoms with Crippen LogP contribution in [0.3, 0.4) is 0 Å². The van der Waals surface area contributed by atoms with Crippen molar-refractivity contribution in [1.82, 2.24) is 16.0 Å². The minimum atomic E-state index is -0.540. The minimum absolute atomic E-state index is 0.106. The molecule has 10 heteroatoms. The molecule has 0 unspecified atom stereocenters. The fourth-order valence-corrected chi connectivity index (χ4v) is 2.15. The fourth-order valence-electron chi connectivity index (χ4n) is 1.24. The predicted octanol–water partition coefficient (Wildman–Crippen LogP) is -0.456. The van der Waals surface area contributed by atoms with E-state index in [0.717, 1.165) is 11.3 Å². The molecule has 0 saturated heterocycles. The number of carbonyl (C=O) groups is 4. The first-order valence-electron chi connectivity index (χ1n) is 5.92. The molecule has 0 radical (unpaired) electrons. The smallest absolute Gasteiger partial charge is 0.261 e.